The Hall–Kier alpha value is -3.24. The van der Waals surface area contributed by atoms with E-state index in [1.807, 2.05) is 12.1 Å². The number of hydrogen-bond donors (Lipinski definition) is 3. The maximum atomic E-state index is 16.1. The van der Waals surface area contributed by atoms with Gasteiger partial charge in [0.1, 0.15) is 0 Å². The lowest BCUT2D eigenvalue weighted by atomic mass is 9.89. The van der Waals surface area contributed by atoms with Crippen LogP contribution in [0.3, 0.4) is 0 Å². The van der Waals surface area contributed by atoms with Gasteiger partial charge in [-0.2, -0.15) is 4.39 Å². The van der Waals surface area contributed by atoms with Crippen molar-refractivity contribution in [3.8, 4) is 11.3 Å². The van der Waals surface area contributed by atoms with E-state index >= 15 is 4.39 Å². The molecule has 3 N–H and O–H groups in total. The molecule has 1 fully saturated rings. The molecule has 1 heterocycles. The summed E-state index contributed by atoms with van der Waals surface area (Å²) in [6.07, 6.45) is 5.44. The Balaban J connectivity index is 1.79. The van der Waals surface area contributed by atoms with E-state index in [9.17, 15) is 23.1 Å². The molecule has 0 atom stereocenters. The first kappa shape index (κ1) is 31.7. The first-order valence-electron chi connectivity index (χ1n) is 14.6. The third-order valence-electron chi connectivity index (χ3n) is 7.95. The van der Waals surface area contributed by atoms with E-state index in [-0.39, 0.29) is 29.3 Å². The number of sulfonamides is 1. The van der Waals surface area contributed by atoms with Gasteiger partial charge in [0.25, 0.3) is 5.91 Å². The van der Waals surface area contributed by atoms with Crippen molar-refractivity contribution in [2.75, 3.05) is 6.54 Å². The van der Waals surface area contributed by atoms with Crippen LogP contribution in [0.5, 0.6) is 0 Å². The van der Waals surface area contributed by atoms with Gasteiger partial charge in [0.15, 0.2) is 0 Å². The van der Waals surface area contributed by atoms with Crippen LogP contribution in [0.15, 0.2) is 47.4 Å². The average molecular weight is 600 g/mol. The molecule has 4 rings (SSSR count). The summed E-state index contributed by atoms with van der Waals surface area (Å²) in [5, 5.41) is 13.2. The molecule has 0 bridgehead atoms. The van der Waals surface area contributed by atoms with Gasteiger partial charge in [-0.1, -0.05) is 49.6 Å². The first-order valence-corrected chi connectivity index (χ1v) is 16.1. The summed E-state index contributed by atoms with van der Waals surface area (Å²) < 4.78 is 47.1. The van der Waals surface area contributed by atoms with Crippen LogP contribution >= 0.6 is 0 Å². The highest BCUT2D eigenvalue weighted by atomic mass is 32.2. The summed E-state index contributed by atoms with van der Waals surface area (Å²) >= 11 is 0. The van der Waals surface area contributed by atoms with Crippen LogP contribution in [0.25, 0.3) is 22.0 Å². The second-order valence-electron chi connectivity index (χ2n) is 13.1. The van der Waals surface area contributed by atoms with Crippen molar-refractivity contribution in [2.24, 2.45) is 11.3 Å². The topological polar surface area (TPSA) is 118 Å². The van der Waals surface area contributed by atoms with Gasteiger partial charge in [0.2, 0.25) is 16.0 Å². The monoisotopic (exact) mass is 599 g/mol. The van der Waals surface area contributed by atoms with Gasteiger partial charge in [-0.3, -0.25) is 9.59 Å². The number of rotatable bonds is 10. The fourth-order valence-electron chi connectivity index (χ4n) is 5.59. The minimum absolute atomic E-state index is 0.0803. The van der Waals surface area contributed by atoms with E-state index in [0.29, 0.717) is 28.6 Å². The fraction of sp³-hybridized carbons (Fsp3) is 0.500. The highest BCUT2D eigenvalue weighted by molar-refractivity contribution is 7.89. The van der Waals surface area contributed by atoms with Crippen molar-refractivity contribution in [3.63, 3.8) is 0 Å². The smallest absolute Gasteiger partial charge is 0.309 e. The number of amides is 1. The van der Waals surface area contributed by atoms with Crippen molar-refractivity contribution >= 4 is 32.7 Å². The molecule has 1 aromatic heterocycles. The zero-order chi connectivity index (χ0) is 30.9. The number of nitrogens with zero attached hydrogens (tertiary/aromatic N) is 1. The Kier molecular flexibility index (Phi) is 9.18. The molecule has 1 aliphatic rings. The molecule has 1 saturated carbocycles. The standard InChI is InChI=1S/C32H42FN3O5S/c1-31(2,3)35-42(40,41)27-16-15-23(22-13-9-10-14-24(22)27)26-19-25(29(37)34-18-17-32(4,5)30(38)39)28(33)36(26)20-21-11-7-6-8-12-21/h9-10,13-16,19,21,35H,6-8,11-12,17-18,20H2,1-5H3,(H,34,37)(H,38,39). The number of hydrogen-bond acceptors (Lipinski definition) is 4. The van der Waals surface area contributed by atoms with Gasteiger partial charge in [0, 0.05) is 29.6 Å². The van der Waals surface area contributed by atoms with Crippen LogP contribution in [0.1, 0.15) is 83.5 Å². The molecule has 8 nitrogen and oxygen atoms in total. The number of aliphatic carboxylic acids is 1. The normalized spacial score (nSPS) is 15.2. The van der Waals surface area contributed by atoms with Crippen LogP contribution in [-0.2, 0) is 21.4 Å². The van der Waals surface area contributed by atoms with Gasteiger partial charge in [-0.25, -0.2) is 13.1 Å². The van der Waals surface area contributed by atoms with E-state index in [0.717, 1.165) is 32.1 Å². The molecule has 0 spiro atoms. The number of carbonyl (C=O) groups is 2. The number of nitrogens with one attached hydrogen (secondary N) is 2. The third-order valence-corrected chi connectivity index (χ3v) is 9.76. The quantitative estimate of drug-likeness (QED) is 0.252. The lowest BCUT2D eigenvalue weighted by Crippen LogP contribution is -2.40. The number of carbonyl (C=O) groups excluding carboxylic acids is 1. The van der Waals surface area contributed by atoms with Crippen molar-refractivity contribution < 1.29 is 27.5 Å². The van der Waals surface area contributed by atoms with Crippen LogP contribution in [-0.4, -0.2) is 42.1 Å². The second-order valence-corrected chi connectivity index (χ2v) is 14.7. The Bertz CT molecular complexity index is 1580. The number of carboxylic acids is 1. The molecule has 0 saturated heterocycles. The zero-order valence-electron chi connectivity index (χ0n) is 25.1. The molecule has 0 radical (unpaired) electrons. The lowest BCUT2D eigenvalue weighted by molar-refractivity contribution is -0.147. The molecule has 3 aromatic rings. The highest BCUT2D eigenvalue weighted by Crippen LogP contribution is 2.37. The predicted octanol–water partition coefficient (Wildman–Crippen LogP) is 6.34. The van der Waals surface area contributed by atoms with Crippen LogP contribution in [0.2, 0.25) is 0 Å². The Morgan fingerprint density at radius 3 is 2.26 bits per heavy atom. The largest absolute Gasteiger partial charge is 0.481 e. The van der Waals surface area contributed by atoms with Crippen molar-refractivity contribution in [3.05, 3.63) is 54.0 Å². The zero-order valence-corrected chi connectivity index (χ0v) is 25.9. The number of carboxylic acid groups (broad SMARTS) is 1. The minimum atomic E-state index is -3.86. The molecule has 0 unspecified atom stereocenters. The molecule has 42 heavy (non-hydrogen) atoms. The molecular formula is C32H42FN3O5S. The summed E-state index contributed by atoms with van der Waals surface area (Å²) in [6.45, 7) is 8.96. The predicted molar refractivity (Wildman–Crippen MR) is 162 cm³/mol. The summed E-state index contributed by atoms with van der Waals surface area (Å²) in [5.74, 6) is -1.98. The number of aromatic nitrogens is 1. The summed E-state index contributed by atoms with van der Waals surface area (Å²) in [6, 6.07) is 11.9. The highest BCUT2D eigenvalue weighted by Gasteiger charge is 2.30. The van der Waals surface area contributed by atoms with E-state index in [4.69, 9.17) is 0 Å². The van der Waals surface area contributed by atoms with E-state index in [1.54, 1.807) is 57.4 Å². The van der Waals surface area contributed by atoms with E-state index < -0.39 is 38.8 Å². The molecule has 2 aromatic carbocycles. The molecule has 10 heteroatoms. The molecule has 1 amide bonds. The van der Waals surface area contributed by atoms with Crippen LogP contribution < -0.4 is 10.0 Å². The van der Waals surface area contributed by atoms with Gasteiger partial charge in [-0.15, -0.1) is 0 Å². The number of benzene rings is 2. The van der Waals surface area contributed by atoms with Gasteiger partial charge in [0.05, 0.1) is 21.6 Å². The number of halogens is 1. The Morgan fingerprint density at radius 2 is 1.64 bits per heavy atom. The fourth-order valence-corrected chi connectivity index (χ4v) is 7.22. The summed E-state index contributed by atoms with van der Waals surface area (Å²) in [7, 11) is -3.86. The average Bonchev–Trinajstić information content (AvgIpc) is 3.22. The molecule has 0 aliphatic heterocycles. The van der Waals surface area contributed by atoms with Crippen molar-refractivity contribution in [1.82, 2.24) is 14.6 Å². The van der Waals surface area contributed by atoms with Gasteiger partial charge < -0.3 is 15.0 Å². The molecule has 1 aliphatic carbocycles. The van der Waals surface area contributed by atoms with Crippen LogP contribution in [0.4, 0.5) is 4.39 Å². The SMILES string of the molecule is CC(C)(C)NS(=O)(=O)c1ccc(-c2cc(C(=O)NCCC(C)(C)C(=O)O)c(F)n2CC2CCCCC2)c2ccccc12. The molecular weight excluding hydrogens is 557 g/mol. The van der Waals surface area contributed by atoms with Crippen molar-refractivity contribution in [2.45, 2.75) is 90.1 Å². The van der Waals surface area contributed by atoms with Crippen molar-refractivity contribution in [1.29, 1.82) is 0 Å². The minimum Gasteiger partial charge on any atom is -0.481 e. The maximum absolute atomic E-state index is 16.1. The summed E-state index contributed by atoms with van der Waals surface area (Å²) in [5.41, 5.74) is -0.714. The molecule has 228 valence electrons. The van der Waals surface area contributed by atoms with Gasteiger partial charge >= 0.3 is 5.97 Å². The van der Waals surface area contributed by atoms with E-state index in [1.165, 1.54) is 12.1 Å². The first-order chi connectivity index (χ1) is 19.6. The van der Waals surface area contributed by atoms with E-state index in [2.05, 4.69) is 10.0 Å². The Labute approximate surface area is 247 Å². The Morgan fingerprint density at radius 1 is 1.00 bits per heavy atom. The van der Waals surface area contributed by atoms with Crippen LogP contribution in [0, 0.1) is 17.3 Å². The number of fused-ring (bicyclic) bond motifs is 1. The lowest BCUT2D eigenvalue weighted by Gasteiger charge is -2.24. The third kappa shape index (κ3) is 7.03. The summed E-state index contributed by atoms with van der Waals surface area (Å²) in [4.78, 5) is 24.8. The second kappa shape index (κ2) is 12.2. The maximum Gasteiger partial charge on any atom is 0.309 e. The van der Waals surface area contributed by atoms with Gasteiger partial charge in [-0.05, 0) is 77.3 Å².